The summed E-state index contributed by atoms with van der Waals surface area (Å²) in [5.41, 5.74) is 4.90. The number of amides is 2. The van der Waals surface area contributed by atoms with Gasteiger partial charge in [-0.15, -0.1) is 0 Å². The fourth-order valence-corrected chi connectivity index (χ4v) is 3.10. The number of carbonyl (C=O) groups excluding carboxylic acids is 2. The number of nitrogens with one attached hydrogen (secondary N) is 1. The van der Waals surface area contributed by atoms with E-state index in [0.29, 0.717) is 0 Å². The minimum atomic E-state index is -0.505. The Morgan fingerprint density at radius 3 is 2.36 bits per heavy atom. The van der Waals surface area contributed by atoms with Crippen LogP contribution >= 0.6 is 0 Å². The van der Waals surface area contributed by atoms with E-state index in [4.69, 9.17) is 10.5 Å². The van der Waals surface area contributed by atoms with E-state index in [0.717, 1.165) is 38.5 Å². The molecular formula is C16H29N3O3. The first-order valence-electron chi connectivity index (χ1n) is 8.32. The topological polar surface area (TPSA) is 84.7 Å². The molecule has 0 aliphatic heterocycles. The van der Waals surface area contributed by atoms with Crippen LogP contribution in [0, 0.1) is 0 Å². The summed E-state index contributed by atoms with van der Waals surface area (Å²) in [6.45, 7) is 5.62. The van der Waals surface area contributed by atoms with Crippen LogP contribution in [-0.4, -0.2) is 47.2 Å². The van der Waals surface area contributed by atoms with Gasteiger partial charge in [-0.1, -0.05) is 12.8 Å². The number of hydrogen-bond donors (Lipinski definition) is 2. The Hall–Kier alpha value is -1.30. The summed E-state index contributed by atoms with van der Waals surface area (Å²) in [6.07, 6.45) is 5.73. The largest absolute Gasteiger partial charge is 0.444 e. The van der Waals surface area contributed by atoms with Gasteiger partial charge in [-0.3, -0.25) is 4.79 Å². The van der Waals surface area contributed by atoms with Crippen molar-refractivity contribution in [3.05, 3.63) is 0 Å². The van der Waals surface area contributed by atoms with E-state index in [2.05, 4.69) is 5.32 Å². The van der Waals surface area contributed by atoms with Gasteiger partial charge in [-0.05, 0) is 46.5 Å². The summed E-state index contributed by atoms with van der Waals surface area (Å²) in [6, 6.07) is 0.264. The van der Waals surface area contributed by atoms with Crippen LogP contribution in [0.1, 0.15) is 59.3 Å². The predicted molar refractivity (Wildman–Crippen MR) is 84.3 cm³/mol. The minimum Gasteiger partial charge on any atom is -0.444 e. The zero-order chi connectivity index (χ0) is 16.3. The van der Waals surface area contributed by atoms with E-state index in [1.54, 1.807) is 0 Å². The highest BCUT2D eigenvalue weighted by Gasteiger charge is 2.43. The van der Waals surface area contributed by atoms with Crippen molar-refractivity contribution in [2.75, 3.05) is 6.54 Å². The van der Waals surface area contributed by atoms with Gasteiger partial charge in [0.2, 0.25) is 5.91 Å². The maximum atomic E-state index is 12.6. The predicted octanol–water partition coefficient (Wildman–Crippen LogP) is 1.77. The Morgan fingerprint density at radius 1 is 1.18 bits per heavy atom. The first kappa shape index (κ1) is 17.1. The molecule has 2 aliphatic rings. The van der Waals surface area contributed by atoms with E-state index in [-0.39, 0.29) is 36.7 Å². The van der Waals surface area contributed by atoms with E-state index < -0.39 is 5.60 Å². The Kier molecular flexibility index (Phi) is 5.32. The summed E-state index contributed by atoms with van der Waals surface area (Å²) < 4.78 is 5.58. The molecule has 2 amide bonds. The molecule has 0 heterocycles. The van der Waals surface area contributed by atoms with Crippen LogP contribution in [0.5, 0.6) is 0 Å². The van der Waals surface area contributed by atoms with E-state index in [9.17, 15) is 9.59 Å². The molecule has 3 N–H and O–H groups in total. The fourth-order valence-electron chi connectivity index (χ4n) is 3.10. The van der Waals surface area contributed by atoms with E-state index in [1.807, 2.05) is 25.7 Å². The average molecular weight is 311 g/mol. The lowest BCUT2D eigenvalue weighted by Crippen LogP contribution is -2.57. The molecule has 6 nitrogen and oxygen atoms in total. The number of carbonyl (C=O) groups is 2. The van der Waals surface area contributed by atoms with Crippen LogP contribution in [0.3, 0.4) is 0 Å². The molecule has 0 aromatic rings. The van der Waals surface area contributed by atoms with Crippen LogP contribution in [0.2, 0.25) is 0 Å². The van der Waals surface area contributed by atoms with Gasteiger partial charge in [0.15, 0.2) is 0 Å². The Balaban J connectivity index is 2.10. The van der Waals surface area contributed by atoms with Gasteiger partial charge >= 0.3 is 6.09 Å². The molecule has 2 saturated carbocycles. The van der Waals surface area contributed by atoms with Gasteiger partial charge in [0, 0.05) is 12.1 Å². The Morgan fingerprint density at radius 2 is 1.82 bits per heavy atom. The van der Waals surface area contributed by atoms with Gasteiger partial charge in [0.25, 0.3) is 0 Å². The van der Waals surface area contributed by atoms with Crippen LogP contribution in [0.15, 0.2) is 0 Å². The van der Waals surface area contributed by atoms with Crippen molar-refractivity contribution in [2.45, 2.75) is 83.0 Å². The van der Waals surface area contributed by atoms with Gasteiger partial charge in [-0.2, -0.15) is 0 Å². The number of ether oxygens (including phenoxy) is 1. The van der Waals surface area contributed by atoms with Crippen LogP contribution < -0.4 is 11.1 Å². The molecule has 0 aromatic carbocycles. The minimum absolute atomic E-state index is 0.0148. The van der Waals surface area contributed by atoms with Crippen LogP contribution in [0.25, 0.3) is 0 Å². The van der Waals surface area contributed by atoms with Crippen molar-refractivity contribution in [3.63, 3.8) is 0 Å². The monoisotopic (exact) mass is 311 g/mol. The lowest BCUT2D eigenvalue weighted by atomic mass is 9.89. The summed E-state index contributed by atoms with van der Waals surface area (Å²) in [4.78, 5) is 26.1. The van der Waals surface area contributed by atoms with E-state index in [1.165, 1.54) is 0 Å². The molecule has 0 radical (unpaired) electrons. The quantitative estimate of drug-likeness (QED) is 0.828. The number of hydrogen-bond acceptors (Lipinski definition) is 4. The van der Waals surface area contributed by atoms with Crippen molar-refractivity contribution in [3.8, 4) is 0 Å². The lowest BCUT2D eigenvalue weighted by Gasteiger charge is -2.40. The molecule has 22 heavy (non-hydrogen) atoms. The molecule has 0 bridgehead atoms. The summed E-state index contributed by atoms with van der Waals surface area (Å²) >= 11 is 0. The third kappa shape index (κ3) is 4.60. The second kappa shape index (κ2) is 6.86. The summed E-state index contributed by atoms with van der Waals surface area (Å²) in [5.74, 6) is -0.156. The summed E-state index contributed by atoms with van der Waals surface area (Å²) in [7, 11) is 0. The maximum Gasteiger partial charge on any atom is 0.410 e. The van der Waals surface area contributed by atoms with Crippen LogP contribution in [0.4, 0.5) is 4.79 Å². The zero-order valence-corrected chi connectivity index (χ0v) is 13.9. The molecule has 2 rings (SSSR count). The molecular weight excluding hydrogens is 282 g/mol. The molecule has 6 heteroatoms. The standard InChI is InChI=1S/C16H29N3O3/c1-16(2,3)22-15(21)19(11-8-9-11)13-7-5-4-6-12(13)18-14(20)10-17/h11-13H,4-10,17H2,1-3H3,(H,18,20)/t12-,13+/m1/s1. The number of nitrogens with zero attached hydrogens (tertiary/aromatic N) is 1. The van der Waals surface area contributed by atoms with E-state index >= 15 is 0 Å². The number of nitrogens with two attached hydrogens (primary N) is 1. The van der Waals surface area contributed by atoms with Gasteiger partial charge < -0.3 is 20.7 Å². The SMILES string of the molecule is CC(C)(C)OC(=O)N(C1CC1)[C@H]1CCCC[C@H]1NC(=O)CN. The van der Waals surface area contributed by atoms with Crippen molar-refractivity contribution in [1.82, 2.24) is 10.2 Å². The van der Waals surface area contributed by atoms with Crippen molar-refractivity contribution in [1.29, 1.82) is 0 Å². The zero-order valence-electron chi connectivity index (χ0n) is 13.9. The smallest absolute Gasteiger partial charge is 0.410 e. The van der Waals surface area contributed by atoms with Gasteiger partial charge in [0.05, 0.1) is 12.6 Å². The van der Waals surface area contributed by atoms with Crippen molar-refractivity contribution >= 4 is 12.0 Å². The molecule has 2 atom stereocenters. The van der Waals surface area contributed by atoms with Crippen molar-refractivity contribution < 1.29 is 14.3 Å². The molecule has 2 aliphatic carbocycles. The van der Waals surface area contributed by atoms with Crippen LogP contribution in [-0.2, 0) is 9.53 Å². The fraction of sp³-hybridized carbons (Fsp3) is 0.875. The molecule has 2 fully saturated rings. The maximum absolute atomic E-state index is 12.6. The second-order valence-corrected chi connectivity index (χ2v) is 7.35. The first-order valence-corrected chi connectivity index (χ1v) is 8.32. The Bertz CT molecular complexity index is 415. The first-order chi connectivity index (χ1) is 10.3. The molecule has 0 unspecified atom stereocenters. The third-order valence-electron chi connectivity index (χ3n) is 4.16. The highest BCUT2D eigenvalue weighted by molar-refractivity contribution is 5.78. The molecule has 0 aromatic heterocycles. The summed E-state index contributed by atoms with van der Waals surface area (Å²) in [5, 5.41) is 2.99. The highest BCUT2D eigenvalue weighted by atomic mass is 16.6. The second-order valence-electron chi connectivity index (χ2n) is 7.35. The third-order valence-corrected chi connectivity index (χ3v) is 4.16. The molecule has 0 spiro atoms. The normalized spacial score (nSPS) is 25.5. The lowest BCUT2D eigenvalue weighted by molar-refractivity contribution is -0.121. The highest BCUT2D eigenvalue weighted by Crippen LogP contribution is 2.35. The average Bonchev–Trinajstić information content (AvgIpc) is 3.23. The van der Waals surface area contributed by atoms with Gasteiger partial charge in [0.1, 0.15) is 5.60 Å². The Labute approximate surface area is 132 Å². The number of rotatable bonds is 4. The molecule has 126 valence electrons. The van der Waals surface area contributed by atoms with Gasteiger partial charge in [-0.25, -0.2) is 4.79 Å². The molecule has 0 saturated heterocycles. The van der Waals surface area contributed by atoms with Crippen molar-refractivity contribution in [2.24, 2.45) is 5.73 Å².